The van der Waals surface area contributed by atoms with Crippen LogP contribution in [0.25, 0.3) is 0 Å². The zero-order chi connectivity index (χ0) is 25.7. The van der Waals surface area contributed by atoms with Crippen molar-refractivity contribution in [3.05, 3.63) is 61.5 Å². The van der Waals surface area contributed by atoms with E-state index in [-0.39, 0.29) is 18.0 Å². The molecule has 6 nitrogen and oxygen atoms in total. The molecule has 0 spiro atoms. The highest BCUT2D eigenvalue weighted by Crippen LogP contribution is 2.34. The van der Waals surface area contributed by atoms with E-state index in [1.165, 1.54) is 12.8 Å². The number of benzene rings is 1. The van der Waals surface area contributed by atoms with E-state index in [1.54, 1.807) is 6.07 Å². The van der Waals surface area contributed by atoms with E-state index in [4.69, 9.17) is 11.6 Å². The first kappa shape index (κ1) is 27.3. The molecule has 0 radical (unpaired) electrons. The fourth-order valence-electron chi connectivity index (χ4n) is 5.45. The van der Waals surface area contributed by atoms with E-state index >= 15 is 0 Å². The summed E-state index contributed by atoms with van der Waals surface area (Å²) >= 11 is 6.53. The molecule has 0 bridgehead atoms. The highest BCUT2D eigenvalue weighted by Gasteiger charge is 2.28. The van der Waals surface area contributed by atoms with Crippen molar-refractivity contribution in [3.8, 4) is 0 Å². The summed E-state index contributed by atoms with van der Waals surface area (Å²) in [6.45, 7) is 9.18. The molecule has 1 amide bonds. The summed E-state index contributed by atoms with van der Waals surface area (Å²) in [7, 11) is 4.31. The fourth-order valence-corrected chi connectivity index (χ4v) is 5.66. The average Bonchev–Trinajstić information content (AvgIpc) is 2.81. The Hall–Kier alpha value is -2.31. The monoisotopic (exact) mass is 500 g/mol. The lowest BCUT2D eigenvalue weighted by Crippen LogP contribution is -2.42. The number of carbonyl (C=O) groups excluding carboxylic acids is 1. The number of aromatic amines is 1. The Morgan fingerprint density at radius 2 is 1.74 bits per heavy atom. The topological polar surface area (TPSA) is 68.4 Å². The standard InChI is InChI=1S/C28H41ClN4O2/c1-7-9-20-14-18(3)31-28(35)25(20)17-30-27(34)24-15-21(29)16-26(19(24)4)33(8-2)23-12-10-22(11-13-23)32(5)6/h14-16,22-23H,7-13,17H2,1-6H3,(H,30,34)(H,31,35)/t22-,23-. The maximum Gasteiger partial charge on any atom is 0.253 e. The molecule has 0 atom stereocenters. The Bertz CT molecular complexity index is 1090. The molecule has 1 fully saturated rings. The zero-order valence-electron chi connectivity index (χ0n) is 22.1. The van der Waals surface area contributed by atoms with Crippen LogP contribution in [0.15, 0.2) is 23.0 Å². The van der Waals surface area contributed by atoms with Crippen molar-refractivity contribution >= 4 is 23.2 Å². The minimum absolute atomic E-state index is 0.136. The molecule has 1 aliphatic carbocycles. The quantitative estimate of drug-likeness (QED) is 0.495. The first-order chi connectivity index (χ1) is 16.7. The number of pyridine rings is 1. The number of amides is 1. The second-order valence-electron chi connectivity index (χ2n) is 10.0. The lowest BCUT2D eigenvalue weighted by atomic mass is 9.89. The van der Waals surface area contributed by atoms with Crippen molar-refractivity contribution < 1.29 is 4.79 Å². The van der Waals surface area contributed by atoms with E-state index < -0.39 is 0 Å². The molecule has 0 unspecified atom stereocenters. The number of halogens is 1. The lowest BCUT2D eigenvalue weighted by molar-refractivity contribution is 0.0950. The fraction of sp³-hybridized carbons (Fsp3) is 0.571. The highest BCUT2D eigenvalue weighted by molar-refractivity contribution is 6.31. The van der Waals surface area contributed by atoms with Crippen molar-refractivity contribution in [2.75, 3.05) is 25.5 Å². The maximum absolute atomic E-state index is 13.3. The summed E-state index contributed by atoms with van der Waals surface area (Å²) in [6, 6.07) is 6.79. The Labute approximate surface area is 215 Å². The molecule has 2 N–H and O–H groups in total. The van der Waals surface area contributed by atoms with Crippen LogP contribution >= 0.6 is 11.6 Å². The van der Waals surface area contributed by atoms with Crippen LogP contribution in [0, 0.1) is 13.8 Å². The van der Waals surface area contributed by atoms with Crippen LogP contribution in [0.2, 0.25) is 5.02 Å². The van der Waals surface area contributed by atoms with Gasteiger partial charge in [-0.3, -0.25) is 9.59 Å². The number of aromatic nitrogens is 1. The lowest BCUT2D eigenvalue weighted by Gasteiger charge is -2.40. The third-order valence-corrected chi connectivity index (χ3v) is 7.60. The third-order valence-electron chi connectivity index (χ3n) is 7.39. The van der Waals surface area contributed by atoms with Gasteiger partial charge in [-0.2, -0.15) is 0 Å². The molecule has 2 aromatic rings. The summed E-state index contributed by atoms with van der Waals surface area (Å²) in [5.41, 5.74) is 4.83. The van der Waals surface area contributed by atoms with Crippen LogP contribution in [0.3, 0.4) is 0 Å². The number of anilines is 1. The molecule has 1 aliphatic rings. The number of nitrogens with zero attached hydrogens (tertiary/aromatic N) is 2. The van der Waals surface area contributed by atoms with Gasteiger partial charge in [0.1, 0.15) is 0 Å². The van der Waals surface area contributed by atoms with Gasteiger partial charge in [-0.15, -0.1) is 0 Å². The summed E-state index contributed by atoms with van der Waals surface area (Å²) < 4.78 is 0. The van der Waals surface area contributed by atoms with Gasteiger partial charge in [0.05, 0.1) is 0 Å². The first-order valence-electron chi connectivity index (χ1n) is 12.9. The SMILES string of the molecule is CCCc1cc(C)[nH]c(=O)c1CNC(=O)c1cc(Cl)cc(N(CC)[C@H]2CC[C@H](N(C)C)CC2)c1C. The van der Waals surface area contributed by atoms with Crippen LogP contribution in [0.1, 0.15) is 78.7 Å². The van der Waals surface area contributed by atoms with Gasteiger partial charge in [-0.25, -0.2) is 0 Å². The molecular weight excluding hydrogens is 460 g/mol. The van der Waals surface area contributed by atoms with Gasteiger partial charge in [0.25, 0.3) is 11.5 Å². The van der Waals surface area contributed by atoms with Gasteiger partial charge in [-0.05, 0) is 96.3 Å². The smallest absolute Gasteiger partial charge is 0.253 e. The second kappa shape index (κ2) is 12.1. The predicted molar refractivity (Wildman–Crippen MR) is 146 cm³/mol. The second-order valence-corrected chi connectivity index (χ2v) is 10.5. The van der Waals surface area contributed by atoms with Gasteiger partial charge < -0.3 is 20.1 Å². The van der Waals surface area contributed by atoms with Crippen LogP contribution < -0.4 is 15.8 Å². The summed E-state index contributed by atoms with van der Waals surface area (Å²) in [5.74, 6) is -0.207. The molecule has 7 heteroatoms. The number of rotatable bonds is 9. The number of hydrogen-bond acceptors (Lipinski definition) is 4. The van der Waals surface area contributed by atoms with Crippen molar-refractivity contribution in [1.29, 1.82) is 0 Å². The number of carbonyl (C=O) groups is 1. The number of nitrogens with one attached hydrogen (secondary N) is 2. The molecule has 0 aliphatic heterocycles. The van der Waals surface area contributed by atoms with E-state index in [9.17, 15) is 9.59 Å². The van der Waals surface area contributed by atoms with Crippen LogP contribution in [-0.2, 0) is 13.0 Å². The highest BCUT2D eigenvalue weighted by atomic mass is 35.5. The number of hydrogen-bond donors (Lipinski definition) is 2. The molecule has 1 aromatic carbocycles. The van der Waals surface area contributed by atoms with Gasteiger partial charge in [-0.1, -0.05) is 24.9 Å². The maximum atomic E-state index is 13.3. The molecular formula is C28H41ClN4O2. The number of H-pyrrole nitrogens is 1. The molecule has 3 rings (SSSR count). The largest absolute Gasteiger partial charge is 0.369 e. The summed E-state index contributed by atoms with van der Waals surface area (Å²) in [4.78, 5) is 33.5. The van der Waals surface area contributed by atoms with E-state index in [1.807, 2.05) is 26.0 Å². The minimum Gasteiger partial charge on any atom is -0.369 e. The Balaban J connectivity index is 1.82. The Kier molecular flexibility index (Phi) is 9.42. The normalized spacial score (nSPS) is 18.1. The Morgan fingerprint density at radius 1 is 1.09 bits per heavy atom. The van der Waals surface area contributed by atoms with Gasteiger partial charge >= 0.3 is 0 Å². The summed E-state index contributed by atoms with van der Waals surface area (Å²) in [5, 5.41) is 3.53. The molecule has 35 heavy (non-hydrogen) atoms. The van der Waals surface area contributed by atoms with Crippen LogP contribution in [0.5, 0.6) is 0 Å². The predicted octanol–water partition coefficient (Wildman–Crippen LogP) is 5.23. The van der Waals surface area contributed by atoms with Crippen molar-refractivity contribution in [2.45, 2.75) is 84.8 Å². The van der Waals surface area contributed by atoms with Gasteiger partial charge in [0, 0.05) is 52.7 Å². The molecule has 192 valence electrons. The summed E-state index contributed by atoms with van der Waals surface area (Å²) in [6.07, 6.45) is 6.33. The average molecular weight is 501 g/mol. The minimum atomic E-state index is -0.207. The van der Waals surface area contributed by atoms with Crippen LogP contribution in [-0.4, -0.2) is 48.5 Å². The van der Waals surface area contributed by atoms with Crippen molar-refractivity contribution in [2.24, 2.45) is 0 Å². The van der Waals surface area contributed by atoms with Crippen molar-refractivity contribution in [1.82, 2.24) is 15.2 Å². The zero-order valence-corrected chi connectivity index (χ0v) is 22.9. The molecule has 0 saturated heterocycles. The molecule has 1 heterocycles. The molecule has 1 saturated carbocycles. The van der Waals surface area contributed by atoms with Gasteiger partial charge in [0.2, 0.25) is 0 Å². The van der Waals surface area contributed by atoms with Crippen molar-refractivity contribution in [3.63, 3.8) is 0 Å². The first-order valence-corrected chi connectivity index (χ1v) is 13.3. The Morgan fingerprint density at radius 3 is 2.34 bits per heavy atom. The number of aryl methyl sites for hydroxylation is 2. The van der Waals surface area contributed by atoms with E-state index in [0.29, 0.717) is 28.2 Å². The van der Waals surface area contributed by atoms with E-state index in [2.05, 4.69) is 48.0 Å². The third kappa shape index (κ3) is 6.47. The van der Waals surface area contributed by atoms with Crippen LogP contribution in [0.4, 0.5) is 5.69 Å². The van der Waals surface area contributed by atoms with E-state index in [0.717, 1.165) is 54.7 Å². The molecule has 1 aromatic heterocycles. The van der Waals surface area contributed by atoms with Gasteiger partial charge in [0.15, 0.2) is 0 Å².